The van der Waals surface area contributed by atoms with E-state index in [1.807, 2.05) is 0 Å². The van der Waals surface area contributed by atoms with E-state index in [1.165, 1.54) is 24.2 Å². The summed E-state index contributed by atoms with van der Waals surface area (Å²) < 4.78 is 0. The van der Waals surface area contributed by atoms with E-state index in [2.05, 4.69) is 10.6 Å². The normalized spacial score (nSPS) is 33.6. The van der Waals surface area contributed by atoms with Crippen LogP contribution in [0.25, 0.3) is 0 Å². The van der Waals surface area contributed by atoms with Crippen LogP contribution in [0.15, 0.2) is 0 Å². The Bertz CT molecular complexity index is 525. The number of carbonyl (C=O) groups is 3. The zero-order valence-corrected chi connectivity index (χ0v) is 15.6. The SMILES string of the molecule is CN(C)C(=O)C[NH+](C)CC(=O)NC(=O)NC12CC3CC(CC(C3)C1)C2. The molecule has 4 amide bonds. The standard InChI is InChI=1S/C18H30N4O3/c1-21(2)16(24)11-22(3)10-15(23)19-17(25)20-18-7-12-4-13(8-18)6-14(5-12)9-18/h12-14H,4-11H2,1-3H3,(H2,19,20,23,25)/p+1. The van der Waals surface area contributed by atoms with Crippen LogP contribution < -0.4 is 15.5 Å². The minimum absolute atomic E-state index is 0.0386. The van der Waals surface area contributed by atoms with Gasteiger partial charge in [0.15, 0.2) is 13.1 Å². The Hall–Kier alpha value is -1.63. The fourth-order valence-electron chi connectivity index (χ4n) is 5.46. The molecule has 4 bridgehead atoms. The smallest absolute Gasteiger partial charge is 0.322 e. The molecule has 0 heterocycles. The Morgan fingerprint density at radius 1 is 1.00 bits per heavy atom. The summed E-state index contributed by atoms with van der Waals surface area (Å²) in [7, 11) is 5.15. The van der Waals surface area contributed by atoms with Crippen molar-refractivity contribution in [2.75, 3.05) is 34.2 Å². The van der Waals surface area contributed by atoms with Gasteiger partial charge in [-0.2, -0.15) is 0 Å². The number of urea groups is 1. The average Bonchev–Trinajstić information content (AvgIpc) is 2.43. The molecular weight excluding hydrogens is 320 g/mol. The van der Waals surface area contributed by atoms with Crippen molar-refractivity contribution in [3.05, 3.63) is 0 Å². The fraction of sp³-hybridized carbons (Fsp3) is 0.833. The predicted octanol–water partition coefficient (Wildman–Crippen LogP) is -0.616. The molecule has 4 aliphatic carbocycles. The van der Waals surface area contributed by atoms with Crippen LogP contribution in [0.2, 0.25) is 0 Å². The number of nitrogens with zero attached hydrogens (tertiary/aromatic N) is 1. The zero-order chi connectivity index (χ0) is 18.2. The maximum Gasteiger partial charge on any atom is 0.322 e. The van der Waals surface area contributed by atoms with E-state index in [1.54, 1.807) is 21.1 Å². The van der Waals surface area contributed by atoms with Gasteiger partial charge < -0.3 is 15.1 Å². The summed E-state index contributed by atoms with van der Waals surface area (Å²) >= 11 is 0. The quantitative estimate of drug-likeness (QED) is 0.618. The van der Waals surface area contributed by atoms with Gasteiger partial charge >= 0.3 is 6.03 Å². The van der Waals surface area contributed by atoms with Crippen molar-refractivity contribution in [2.24, 2.45) is 17.8 Å². The lowest BCUT2D eigenvalue weighted by Crippen LogP contribution is -3.11. The van der Waals surface area contributed by atoms with Gasteiger partial charge in [0.25, 0.3) is 11.8 Å². The number of hydrogen-bond acceptors (Lipinski definition) is 3. The molecule has 1 atom stereocenters. The number of quaternary nitrogens is 1. The molecule has 0 aliphatic heterocycles. The van der Waals surface area contributed by atoms with Gasteiger partial charge in [-0.3, -0.25) is 14.9 Å². The predicted molar refractivity (Wildman–Crippen MR) is 92.9 cm³/mol. The highest BCUT2D eigenvalue weighted by molar-refractivity contribution is 5.95. The highest BCUT2D eigenvalue weighted by Gasteiger charge is 2.51. The maximum atomic E-state index is 12.3. The van der Waals surface area contributed by atoms with Gasteiger partial charge in [0, 0.05) is 19.6 Å². The first-order valence-corrected chi connectivity index (χ1v) is 9.38. The summed E-state index contributed by atoms with van der Waals surface area (Å²) in [4.78, 5) is 38.3. The van der Waals surface area contributed by atoms with E-state index in [-0.39, 0.29) is 36.5 Å². The van der Waals surface area contributed by atoms with Crippen molar-refractivity contribution < 1.29 is 19.3 Å². The molecule has 1 unspecified atom stereocenters. The van der Waals surface area contributed by atoms with Crippen LogP contribution in [-0.2, 0) is 9.59 Å². The topological polar surface area (TPSA) is 83.0 Å². The highest BCUT2D eigenvalue weighted by atomic mass is 16.2. The number of rotatable bonds is 5. The van der Waals surface area contributed by atoms with Gasteiger partial charge in [0.05, 0.1) is 7.05 Å². The van der Waals surface area contributed by atoms with Crippen LogP contribution in [0.1, 0.15) is 38.5 Å². The van der Waals surface area contributed by atoms with Gasteiger partial charge in [0.1, 0.15) is 0 Å². The first-order valence-electron chi connectivity index (χ1n) is 9.38. The summed E-state index contributed by atoms with van der Waals surface area (Å²) in [6, 6.07) is -0.376. The highest BCUT2D eigenvalue weighted by Crippen LogP contribution is 2.55. The molecule has 0 radical (unpaired) electrons. The van der Waals surface area contributed by atoms with Gasteiger partial charge in [-0.15, -0.1) is 0 Å². The summed E-state index contributed by atoms with van der Waals surface area (Å²) in [5.74, 6) is 1.86. The first-order chi connectivity index (χ1) is 11.7. The minimum atomic E-state index is -0.376. The van der Waals surface area contributed by atoms with Crippen molar-refractivity contribution in [3.8, 4) is 0 Å². The van der Waals surface area contributed by atoms with Crippen molar-refractivity contribution >= 4 is 17.8 Å². The Morgan fingerprint density at radius 3 is 2.00 bits per heavy atom. The monoisotopic (exact) mass is 351 g/mol. The Labute approximate surface area is 149 Å². The molecule has 0 aromatic carbocycles. The van der Waals surface area contributed by atoms with Crippen LogP contribution in [0.3, 0.4) is 0 Å². The molecule has 7 heteroatoms. The lowest BCUT2D eigenvalue weighted by atomic mass is 9.53. The van der Waals surface area contributed by atoms with E-state index < -0.39 is 0 Å². The molecular formula is C18H31N4O3+. The van der Waals surface area contributed by atoms with Gasteiger partial charge in [-0.05, 0) is 56.3 Å². The van der Waals surface area contributed by atoms with Gasteiger partial charge in [-0.25, -0.2) is 4.79 Å². The third kappa shape index (κ3) is 4.32. The Balaban J connectivity index is 1.46. The van der Waals surface area contributed by atoms with Crippen molar-refractivity contribution in [2.45, 2.75) is 44.1 Å². The van der Waals surface area contributed by atoms with Crippen LogP contribution in [-0.4, -0.2) is 62.5 Å². The number of imide groups is 1. The third-order valence-electron chi connectivity index (χ3n) is 6.08. The second-order valence-corrected chi connectivity index (χ2v) is 8.80. The number of nitrogens with one attached hydrogen (secondary N) is 3. The number of carbonyl (C=O) groups excluding carboxylic acids is 3. The third-order valence-corrected chi connectivity index (χ3v) is 6.08. The lowest BCUT2D eigenvalue weighted by molar-refractivity contribution is -0.862. The first kappa shape index (κ1) is 18.2. The molecule has 25 heavy (non-hydrogen) atoms. The molecule has 0 aromatic rings. The molecule has 3 N–H and O–H groups in total. The van der Waals surface area contributed by atoms with Gasteiger partial charge in [0.2, 0.25) is 0 Å². The summed E-state index contributed by atoms with van der Waals surface area (Å²) in [5, 5.41) is 5.59. The van der Waals surface area contributed by atoms with E-state index in [4.69, 9.17) is 0 Å². The molecule has 4 fully saturated rings. The van der Waals surface area contributed by atoms with Gasteiger partial charge in [-0.1, -0.05) is 0 Å². The Morgan fingerprint density at radius 2 is 1.52 bits per heavy atom. The van der Waals surface area contributed by atoms with Crippen molar-refractivity contribution in [1.29, 1.82) is 0 Å². The number of likely N-dealkylation sites (N-methyl/N-ethyl adjacent to an activating group) is 2. The summed E-state index contributed by atoms with van der Waals surface area (Å²) in [5.41, 5.74) is -0.0985. The molecule has 4 aliphatic rings. The second-order valence-electron chi connectivity index (χ2n) is 8.80. The van der Waals surface area contributed by atoms with Crippen LogP contribution in [0.4, 0.5) is 4.79 Å². The minimum Gasteiger partial charge on any atom is -0.344 e. The van der Waals surface area contributed by atoms with E-state index in [0.29, 0.717) is 0 Å². The summed E-state index contributed by atoms with van der Waals surface area (Å²) in [6.07, 6.45) is 7.12. The van der Waals surface area contributed by atoms with Crippen LogP contribution in [0.5, 0.6) is 0 Å². The Kier molecular flexibility index (Phi) is 5.04. The van der Waals surface area contributed by atoms with Crippen molar-refractivity contribution in [1.82, 2.24) is 15.5 Å². The molecule has 140 valence electrons. The van der Waals surface area contributed by atoms with E-state index >= 15 is 0 Å². The maximum absolute atomic E-state index is 12.3. The van der Waals surface area contributed by atoms with Crippen molar-refractivity contribution in [3.63, 3.8) is 0 Å². The average molecular weight is 351 g/mol. The molecule has 0 saturated heterocycles. The van der Waals surface area contributed by atoms with Crippen LogP contribution in [0, 0.1) is 17.8 Å². The fourth-order valence-corrected chi connectivity index (χ4v) is 5.46. The van der Waals surface area contributed by atoms with E-state index in [0.717, 1.165) is 41.9 Å². The second kappa shape index (κ2) is 6.94. The molecule has 0 spiro atoms. The number of amides is 4. The van der Waals surface area contributed by atoms with E-state index in [9.17, 15) is 14.4 Å². The molecule has 4 saturated carbocycles. The summed E-state index contributed by atoms with van der Waals surface area (Å²) in [6.45, 7) is 0.338. The molecule has 0 aromatic heterocycles. The zero-order valence-electron chi connectivity index (χ0n) is 15.6. The lowest BCUT2D eigenvalue weighted by Gasteiger charge is -2.56. The number of hydrogen-bond donors (Lipinski definition) is 3. The largest absolute Gasteiger partial charge is 0.344 e. The van der Waals surface area contributed by atoms with Crippen LogP contribution >= 0.6 is 0 Å². The molecule has 4 rings (SSSR count). The molecule has 7 nitrogen and oxygen atoms in total.